The minimum absolute atomic E-state index is 0.0918. The predicted octanol–water partition coefficient (Wildman–Crippen LogP) is 16.3. The molecule has 94 heavy (non-hydrogen) atoms. The van der Waals surface area contributed by atoms with E-state index in [4.69, 9.17) is 0 Å². The van der Waals surface area contributed by atoms with Crippen LogP contribution in [0.5, 0.6) is 0 Å². The van der Waals surface area contributed by atoms with Crippen LogP contribution in [-0.4, -0.2) is 71.7 Å². The van der Waals surface area contributed by atoms with E-state index in [1.54, 1.807) is 73.7 Å². The molecule has 22 heteroatoms. The lowest BCUT2D eigenvalue weighted by molar-refractivity contribution is -0.384. The highest BCUT2D eigenvalue weighted by Crippen LogP contribution is 2.28. The molecule has 3 N–H and O–H groups in total. The Morgan fingerprint density at radius 1 is 0.457 bits per heavy atom. The summed E-state index contributed by atoms with van der Waals surface area (Å²) in [5.74, 6) is -0.368. The minimum Gasteiger partial charge on any atom is -0.294 e. The summed E-state index contributed by atoms with van der Waals surface area (Å²) in [4.78, 5) is 40.5. The van der Waals surface area contributed by atoms with E-state index in [0.29, 0.717) is 5.69 Å². The third-order valence-corrected chi connectivity index (χ3v) is 15.4. The second-order valence-electron chi connectivity index (χ2n) is 21.6. The number of anilines is 5. The maximum Gasteiger partial charge on any atom is 0.270 e. The van der Waals surface area contributed by atoms with Gasteiger partial charge in [-0.3, -0.25) is 94.8 Å². The summed E-state index contributed by atoms with van der Waals surface area (Å²) in [6.45, 7) is 9.49. The molecule has 0 saturated heterocycles. The molecule has 0 aliphatic heterocycles. The van der Waals surface area contributed by atoms with Crippen molar-refractivity contribution in [1.29, 1.82) is 0 Å². The fourth-order valence-electron chi connectivity index (χ4n) is 10.7. The average Bonchev–Trinajstić information content (AvgIpc) is 1.72. The number of halogens is 1. The van der Waals surface area contributed by atoms with Gasteiger partial charge in [0.1, 0.15) is 0 Å². The van der Waals surface area contributed by atoms with Gasteiger partial charge in [0.15, 0.2) is 5.82 Å². The number of nitro benzene ring substituents is 2. The fraction of sp³-hybridized carbons (Fsp3) is 0.0972. The molecule has 0 spiro atoms. The zero-order chi connectivity index (χ0) is 65.5. The molecular weight excluding hydrogens is 1190 g/mol. The SMILES string of the molecule is CCCN(c1ccncc1)n1cc(C)c2ccccc21.CN(c1ccncc1)n1ccc2cc([N+](=O)[O-])ccc21.Cc1cn(Nc2ccncc2)c2ccccc12.Cc1cn(Nc2ccncc2F)c2ccccc12.O=[N+]([O-])c1ccc2c(ccn2Nc2ccncc2)c1. The molecule has 0 aliphatic carbocycles. The van der Waals surface area contributed by atoms with Crippen molar-refractivity contribution in [3.8, 4) is 0 Å². The van der Waals surface area contributed by atoms with Crippen LogP contribution in [0.2, 0.25) is 0 Å². The number of rotatable bonds is 14. The molecule has 21 nitrogen and oxygen atoms in total. The lowest BCUT2D eigenvalue weighted by Gasteiger charge is -2.26. The molecule has 10 heterocycles. The number of hydrogen-bond acceptors (Lipinski definition) is 14. The van der Waals surface area contributed by atoms with Crippen LogP contribution >= 0.6 is 0 Å². The van der Waals surface area contributed by atoms with Gasteiger partial charge in [-0.2, -0.15) is 0 Å². The molecule has 0 unspecified atom stereocenters. The standard InChI is InChI=1S/C17H19N3.C14H12FN3.C14H12N4O2.C14H13N3.C13H10N4O2/c1-3-12-19(15-8-10-18-11-9-15)20-13-14(2)16-6-4-5-7-17(16)20;1-10-9-18(14-5-3-2-4-11(10)14)17-13-6-7-16-8-12(13)15;1-16(12-4-7-15-8-5-12)17-9-6-11-10-13(18(19)20)2-3-14(11)17;1-11-10-17(14-5-3-2-4-13(11)14)16-12-6-8-15-9-7-12;18-17(19)12-1-2-13-10(9-12)5-8-16(13)15-11-3-6-14-7-4-11/h4-11,13H,3,12H2,1-2H3;2-9H,1H3,(H,16,17);2-10H,1H3;2-10H,1H3,(H,15,16);1-9H,(H,14,15). The second-order valence-corrected chi connectivity index (χ2v) is 21.6. The first-order chi connectivity index (χ1) is 45.8. The summed E-state index contributed by atoms with van der Waals surface area (Å²) in [5.41, 5.74) is 23.2. The summed E-state index contributed by atoms with van der Waals surface area (Å²) >= 11 is 0. The van der Waals surface area contributed by atoms with Crippen molar-refractivity contribution in [2.45, 2.75) is 34.1 Å². The number of benzene rings is 5. The van der Waals surface area contributed by atoms with Crippen LogP contribution in [0.25, 0.3) is 54.5 Å². The van der Waals surface area contributed by atoms with Gasteiger partial charge in [-0.05, 0) is 141 Å². The maximum atomic E-state index is 13.5. The van der Waals surface area contributed by atoms with Gasteiger partial charge in [-0.25, -0.2) is 4.39 Å². The van der Waals surface area contributed by atoms with Gasteiger partial charge in [0, 0.05) is 152 Å². The highest BCUT2D eigenvalue weighted by Gasteiger charge is 2.15. The Kier molecular flexibility index (Phi) is 19.6. The zero-order valence-electron chi connectivity index (χ0n) is 52.1. The van der Waals surface area contributed by atoms with E-state index >= 15 is 0 Å². The molecule has 0 amide bonds. The summed E-state index contributed by atoms with van der Waals surface area (Å²) in [6, 6.07) is 55.3. The Morgan fingerprint density at radius 3 is 1.45 bits per heavy atom. The molecule has 15 aromatic rings. The van der Waals surface area contributed by atoms with Crippen molar-refractivity contribution in [1.82, 2.24) is 48.3 Å². The highest BCUT2D eigenvalue weighted by molar-refractivity contribution is 5.87. The summed E-state index contributed by atoms with van der Waals surface area (Å²) in [6.07, 6.45) is 27.9. The highest BCUT2D eigenvalue weighted by atomic mass is 19.1. The molecule has 0 bridgehead atoms. The van der Waals surface area contributed by atoms with Gasteiger partial charge in [0.05, 0.1) is 72.1 Å². The van der Waals surface area contributed by atoms with E-state index < -0.39 is 4.92 Å². The number of nitro groups is 2. The molecule has 0 saturated carbocycles. The monoisotopic (exact) mass is 1250 g/mol. The third kappa shape index (κ3) is 14.6. The lowest BCUT2D eigenvalue weighted by atomic mass is 10.2. The number of nitrogens with zero attached hydrogens (tertiary/aromatic N) is 14. The van der Waals surface area contributed by atoms with Crippen molar-refractivity contribution in [3.63, 3.8) is 0 Å². The first kappa shape index (κ1) is 62.9. The van der Waals surface area contributed by atoms with Crippen LogP contribution in [0.1, 0.15) is 30.0 Å². The minimum atomic E-state index is -0.396. The first-order valence-electron chi connectivity index (χ1n) is 30.1. The van der Waals surface area contributed by atoms with Crippen LogP contribution in [0.4, 0.5) is 44.2 Å². The van der Waals surface area contributed by atoms with Crippen molar-refractivity contribution >= 4 is 94.3 Å². The van der Waals surface area contributed by atoms with Crippen molar-refractivity contribution in [2.24, 2.45) is 0 Å². The Morgan fingerprint density at radius 2 is 0.904 bits per heavy atom. The summed E-state index contributed by atoms with van der Waals surface area (Å²) in [5, 5.41) is 31.1. The van der Waals surface area contributed by atoms with Crippen LogP contribution in [0.3, 0.4) is 0 Å². The van der Waals surface area contributed by atoms with Crippen LogP contribution in [0.15, 0.2) is 269 Å². The van der Waals surface area contributed by atoms with Crippen LogP contribution in [0, 0.1) is 46.8 Å². The Labute approximate surface area is 540 Å². The van der Waals surface area contributed by atoms with Gasteiger partial charge < -0.3 is 0 Å². The number of non-ortho nitro benzene ring substituents is 2. The van der Waals surface area contributed by atoms with E-state index in [2.05, 4.69) is 139 Å². The first-order valence-corrected chi connectivity index (χ1v) is 30.1. The lowest BCUT2D eigenvalue weighted by Crippen LogP contribution is -2.29. The molecule has 470 valence electrons. The normalized spacial score (nSPS) is 10.7. The molecule has 0 atom stereocenters. The van der Waals surface area contributed by atoms with Gasteiger partial charge in [-0.15, -0.1) is 0 Å². The smallest absolute Gasteiger partial charge is 0.270 e. The molecule has 0 radical (unpaired) electrons. The van der Waals surface area contributed by atoms with Gasteiger partial charge in [0.2, 0.25) is 0 Å². The molecule has 5 aromatic carbocycles. The third-order valence-electron chi connectivity index (χ3n) is 15.4. The summed E-state index contributed by atoms with van der Waals surface area (Å²) in [7, 11) is 1.93. The van der Waals surface area contributed by atoms with Crippen molar-refractivity contribution in [2.75, 3.05) is 39.9 Å². The summed E-state index contributed by atoms with van der Waals surface area (Å²) < 4.78 is 23.4. The van der Waals surface area contributed by atoms with Gasteiger partial charge in [-0.1, -0.05) is 61.5 Å². The van der Waals surface area contributed by atoms with E-state index in [-0.39, 0.29) is 22.1 Å². The molecule has 0 fully saturated rings. The van der Waals surface area contributed by atoms with E-state index in [1.165, 1.54) is 56.9 Å². The largest absolute Gasteiger partial charge is 0.294 e. The second kappa shape index (κ2) is 29.3. The molecule has 15 rings (SSSR count). The van der Waals surface area contributed by atoms with E-state index in [1.807, 2.05) is 148 Å². The Bertz CT molecular complexity index is 5020. The number of aryl methyl sites for hydroxylation is 3. The van der Waals surface area contributed by atoms with Crippen molar-refractivity contribution in [3.05, 3.63) is 312 Å². The quantitative estimate of drug-likeness (QED) is 0.0682. The number of pyridine rings is 5. The number of para-hydroxylation sites is 3. The van der Waals surface area contributed by atoms with Gasteiger partial charge in [0.25, 0.3) is 11.4 Å². The number of hydrogen-bond donors (Lipinski definition) is 3. The Hall–Kier alpha value is -12.7. The fourth-order valence-corrected chi connectivity index (χ4v) is 10.7. The number of nitrogens with one attached hydrogen (secondary N) is 3. The van der Waals surface area contributed by atoms with Gasteiger partial charge >= 0.3 is 0 Å². The topological polar surface area (TPSA) is 218 Å². The molecule has 10 aromatic heterocycles. The maximum absolute atomic E-state index is 13.5. The average molecular weight is 1250 g/mol. The zero-order valence-corrected chi connectivity index (χ0v) is 52.1. The van der Waals surface area contributed by atoms with E-state index in [9.17, 15) is 24.6 Å². The molecular formula is C72H66FN17O4. The van der Waals surface area contributed by atoms with E-state index in [0.717, 1.165) is 68.3 Å². The van der Waals surface area contributed by atoms with Crippen LogP contribution in [-0.2, 0) is 0 Å². The number of aromatic nitrogens is 10. The van der Waals surface area contributed by atoms with Crippen LogP contribution < -0.4 is 26.3 Å². The predicted molar refractivity (Wildman–Crippen MR) is 372 cm³/mol. The Balaban J connectivity index is 0.000000120. The molecule has 0 aliphatic rings. The van der Waals surface area contributed by atoms with Crippen molar-refractivity contribution < 1.29 is 14.2 Å². The number of fused-ring (bicyclic) bond motifs is 5.